The molecule has 6 nitrogen and oxygen atoms in total. The summed E-state index contributed by atoms with van der Waals surface area (Å²) < 4.78 is 17.9. The molecule has 1 heterocycles. The molecule has 0 aromatic heterocycles. The zero-order chi connectivity index (χ0) is 19.6. The Bertz CT molecular complexity index is 950. The van der Waals surface area contributed by atoms with Gasteiger partial charge in [-0.2, -0.15) is 5.26 Å². The topological polar surface area (TPSA) is 97.7 Å². The molecule has 3 N–H and O–H groups in total. The van der Waals surface area contributed by atoms with E-state index in [0.29, 0.717) is 36.0 Å². The van der Waals surface area contributed by atoms with E-state index in [2.05, 4.69) is 28.7 Å². The van der Waals surface area contributed by atoms with Gasteiger partial charge in [0.25, 0.3) is 0 Å². The van der Waals surface area contributed by atoms with Crippen LogP contribution < -0.4 is 19.9 Å². The van der Waals surface area contributed by atoms with E-state index in [4.69, 9.17) is 19.9 Å². The van der Waals surface area contributed by atoms with Crippen LogP contribution in [-0.2, 0) is 0 Å². The highest BCUT2D eigenvalue weighted by atomic mass is 127. The van der Waals surface area contributed by atoms with Gasteiger partial charge in [-0.05, 0) is 60.2 Å². The molecule has 27 heavy (non-hydrogen) atoms. The van der Waals surface area contributed by atoms with Gasteiger partial charge in [-0.15, -0.1) is 0 Å². The van der Waals surface area contributed by atoms with Gasteiger partial charge in [0.1, 0.15) is 23.1 Å². The molecule has 1 aliphatic rings. The molecule has 0 fully saturated rings. The molecule has 140 valence electrons. The lowest BCUT2D eigenvalue weighted by Gasteiger charge is -2.27. The number of hydrogen-bond donors (Lipinski definition) is 2. The highest BCUT2D eigenvalue weighted by Gasteiger charge is 2.32. The van der Waals surface area contributed by atoms with Crippen molar-refractivity contribution in [3.05, 3.63) is 56.5 Å². The highest BCUT2D eigenvalue weighted by molar-refractivity contribution is 14.1. The first kappa shape index (κ1) is 19.2. The van der Waals surface area contributed by atoms with Crippen LogP contribution in [0.2, 0.25) is 0 Å². The molecule has 0 amide bonds. The van der Waals surface area contributed by atoms with E-state index < -0.39 is 5.92 Å². The van der Waals surface area contributed by atoms with E-state index in [1.807, 2.05) is 26.0 Å². The number of rotatable bonds is 5. The summed E-state index contributed by atoms with van der Waals surface area (Å²) >= 11 is 2.19. The molecule has 7 heteroatoms. The van der Waals surface area contributed by atoms with Crippen LogP contribution in [0.1, 0.15) is 30.9 Å². The van der Waals surface area contributed by atoms with Gasteiger partial charge in [-0.25, -0.2) is 0 Å². The third-order valence-corrected chi connectivity index (χ3v) is 4.96. The zero-order valence-electron chi connectivity index (χ0n) is 15.0. The van der Waals surface area contributed by atoms with Crippen LogP contribution in [0.15, 0.2) is 41.8 Å². The van der Waals surface area contributed by atoms with Crippen molar-refractivity contribution in [3.8, 4) is 29.1 Å². The number of benzene rings is 2. The Balaban J connectivity index is 2.21. The minimum atomic E-state index is -0.428. The van der Waals surface area contributed by atoms with Gasteiger partial charge in [0.2, 0.25) is 5.88 Å². The van der Waals surface area contributed by atoms with Crippen LogP contribution in [0.3, 0.4) is 0 Å². The molecule has 3 rings (SSSR count). The molecule has 2 aromatic carbocycles. The number of hydrogen-bond acceptors (Lipinski definition) is 6. The van der Waals surface area contributed by atoms with Crippen LogP contribution in [-0.4, -0.2) is 18.3 Å². The summed E-state index contributed by atoms with van der Waals surface area (Å²) in [6, 6.07) is 10.8. The monoisotopic (exact) mass is 478 g/mol. The summed E-state index contributed by atoms with van der Waals surface area (Å²) in [6.07, 6.45) is 0. The Hall–Kier alpha value is -2.60. The number of aromatic hydroxyl groups is 1. The Morgan fingerprint density at radius 2 is 1.96 bits per heavy atom. The molecule has 2 aromatic rings. The quantitative estimate of drug-likeness (QED) is 0.631. The van der Waals surface area contributed by atoms with Crippen molar-refractivity contribution in [2.75, 3.05) is 13.2 Å². The molecule has 0 saturated heterocycles. The third kappa shape index (κ3) is 3.62. The van der Waals surface area contributed by atoms with Crippen LogP contribution in [0, 0.1) is 14.9 Å². The smallest absolute Gasteiger partial charge is 0.205 e. The number of phenols is 1. The normalized spacial score (nSPS) is 15.6. The van der Waals surface area contributed by atoms with Crippen LogP contribution >= 0.6 is 22.6 Å². The minimum Gasteiger partial charge on any atom is -0.508 e. The van der Waals surface area contributed by atoms with Gasteiger partial charge in [0.05, 0.1) is 22.7 Å². The van der Waals surface area contributed by atoms with E-state index in [1.54, 1.807) is 12.1 Å². The Kier molecular flexibility index (Phi) is 5.65. The first-order chi connectivity index (χ1) is 13.0. The van der Waals surface area contributed by atoms with Crippen molar-refractivity contribution in [2.24, 2.45) is 5.73 Å². The second kappa shape index (κ2) is 7.96. The van der Waals surface area contributed by atoms with Crippen molar-refractivity contribution >= 4 is 22.6 Å². The summed E-state index contributed by atoms with van der Waals surface area (Å²) in [5.74, 6) is 1.39. The predicted molar refractivity (Wildman–Crippen MR) is 109 cm³/mol. The number of allylic oxidation sites excluding steroid dienone is 1. The summed E-state index contributed by atoms with van der Waals surface area (Å²) in [6.45, 7) is 4.82. The molecule has 1 aliphatic heterocycles. The van der Waals surface area contributed by atoms with Gasteiger partial charge < -0.3 is 25.1 Å². The largest absolute Gasteiger partial charge is 0.508 e. The molecule has 0 unspecified atom stereocenters. The summed E-state index contributed by atoms with van der Waals surface area (Å²) in [5, 5.41) is 19.4. The number of nitrogens with zero attached hydrogens (tertiary/aromatic N) is 1. The van der Waals surface area contributed by atoms with Gasteiger partial charge in [-0.1, -0.05) is 6.07 Å². The van der Waals surface area contributed by atoms with Gasteiger partial charge in [-0.3, -0.25) is 0 Å². The number of fused-ring (bicyclic) bond motifs is 1. The van der Waals surface area contributed by atoms with E-state index in [0.717, 1.165) is 14.7 Å². The number of nitrogens with two attached hydrogens (primary N) is 1. The fourth-order valence-corrected chi connectivity index (χ4v) is 3.87. The molecular formula is C20H19IN2O4. The Morgan fingerprint density at radius 1 is 1.22 bits per heavy atom. The number of phenolic OH excluding ortho intramolecular Hbond substituents is 1. The van der Waals surface area contributed by atoms with Crippen LogP contribution in [0.25, 0.3) is 0 Å². The second-order valence-corrected chi connectivity index (χ2v) is 7.01. The van der Waals surface area contributed by atoms with Crippen LogP contribution in [0.4, 0.5) is 0 Å². The maximum atomic E-state index is 9.77. The van der Waals surface area contributed by atoms with Crippen molar-refractivity contribution in [3.63, 3.8) is 0 Å². The molecule has 0 aliphatic carbocycles. The number of ether oxygens (including phenoxy) is 3. The minimum absolute atomic E-state index is 0.0300. The van der Waals surface area contributed by atoms with Gasteiger partial charge >= 0.3 is 0 Å². The molecule has 0 spiro atoms. The highest BCUT2D eigenvalue weighted by Crippen LogP contribution is 2.46. The average Bonchev–Trinajstić information content (AvgIpc) is 2.63. The SMILES string of the molecule is CCOc1cc([C@@H]2C(C#N)=C(N)Oc3cc(O)ccc32)cc(I)c1OCC. The maximum Gasteiger partial charge on any atom is 0.205 e. The van der Waals surface area contributed by atoms with Gasteiger partial charge in [0, 0.05) is 11.6 Å². The van der Waals surface area contributed by atoms with Crippen molar-refractivity contribution in [1.29, 1.82) is 5.26 Å². The fourth-order valence-electron chi connectivity index (χ4n) is 3.09. The zero-order valence-corrected chi connectivity index (χ0v) is 17.1. The van der Waals surface area contributed by atoms with Gasteiger partial charge in [0.15, 0.2) is 11.5 Å². The lowest BCUT2D eigenvalue weighted by Crippen LogP contribution is -2.21. The molecule has 0 radical (unpaired) electrons. The standard InChI is InChI=1S/C20H19IN2O4/c1-3-25-17-8-11(7-15(21)19(17)26-4-2)18-13-6-5-12(24)9-16(13)27-20(23)14(18)10-22/h5-9,18,24H,3-4,23H2,1-2H3/t18-/m0/s1. The Morgan fingerprint density at radius 3 is 2.63 bits per heavy atom. The summed E-state index contributed by atoms with van der Waals surface area (Å²) in [5.41, 5.74) is 7.89. The lowest BCUT2D eigenvalue weighted by molar-refractivity contribution is 0.285. The van der Waals surface area contributed by atoms with Crippen molar-refractivity contribution in [2.45, 2.75) is 19.8 Å². The van der Waals surface area contributed by atoms with E-state index >= 15 is 0 Å². The molecular weight excluding hydrogens is 459 g/mol. The Labute approximate surface area is 171 Å². The first-order valence-corrected chi connectivity index (χ1v) is 9.57. The number of halogens is 1. The molecule has 0 bridgehead atoms. The summed E-state index contributed by atoms with van der Waals surface area (Å²) in [7, 11) is 0. The predicted octanol–water partition coefficient (Wildman–Crippen LogP) is 4.01. The maximum absolute atomic E-state index is 9.77. The van der Waals surface area contributed by atoms with Crippen LogP contribution in [0.5, 0.6) is 23.0 Å². The average molecular weight is 478 g/mol. The lowest BCUT2D eigenvalue weighted by atomic mass is 9.83. The van der Waals surface area contributed by atoms with E-state index in [9.17, 15) is 10.4 Å². The fraction of sp³-hybridized carbons (Fsp3) is 0.250. The van der Waals surface area contributed by atoms with E-state index in [1.165, 1.54) is 6.07 Å². The third-order valence-electron chi connectivity index (χ3n) is 4.16. The van der Waals surface area contributed by atoms with Crippen molar-refractivity contribution in [1.82, 2.24) is 0 Å². The van der Waals surface area contributed by atoms with Crippen molar-refractivity contribution < 1.29 is 19.3 Å². The molecule has 1 atom stereocenters. The number of nitriles is 1. The summed E-state index contributed by atoms with van der Waals surface area (Å²) in [4.78, 5) is 0. The molecule has 0 saturated carbocycles. The second-order valence-electron chi connectivity index (χ2n) is 5.84. The first-order valence-electron chi connectivity index (χ1n) is 8.49. The van der Waals surface area contributed by atoms with E-state index in [-0.39, 0.29) is 11.6 Å².